The molecule has 5 heteroatoms. The third kappa shape index (κ3) is 3.09. The van der Waals surface area contributed by atoms with Crippen LogP contribution in [0.15, 0.2) is 18.2 Å². The van der Waals surface area contributed by atoms with E-state index < -0.39 is 0 Å². The highest BCUT2D eigenvalue weighted by Crippen LogP contribution is 2.23. The van der Waals surface area contributed by atoms with Gasteiger partial charge in [0.05, 0.1) is 0 Å². The second-order valence-corrected chi connectivity index (χ2v) is 4.85. The average molecular weight is 290 g/mol. The zero-order valence-electron chi connectivity index (χ0n) is 10.7. The Kier molecular flexibility index (Phi) is 5.73. The molecule has 1 aromatic carbocycles. The van der Waals surface area contributed by atoms with E-state index in [1.54, 1.807) is 0 Å². The molecule has 3 rings (SSSR count). The molecule has 2 aliphatic heterocycles. The molecule has 0 aliphatic carbocycles. The van der Waals surface area contributed by atoms with Crippen molar-refractivity contribution in [2.45, 2.75) is 13.1 Å². The summed E-state index contributed by atoms with van der Waals surface area (Å²) < 4.78 is 0. The smallest absolute Gasteiger partial charge is 0.0370 e. The number of anilines is 1. The first-order chi connectivity index (χ1) is 7.83. The van der Waals surface area contributed by atoms with Crippen LogP contribution >= 0.6 is 24.8 Å². The van der Waals surface area contributed by atoms with Gasteiger partial charge >= 0.3 is 0 Å². The summed E-state index contributed by atoms with van der Waals surface area (Å²) in [7, 11) is 2.20. The molecule has 3 nitrogen and oxygen atoms in total. The molecular formula is C13H21Cl2N3. The number of halogens is 2. The van der Waals surface area contributed by atoms with Crippen LogP contribution in [0.5, 0.6) is 0 Å². The van der Waals surface area contributed by atoms with Gasteiger partial charge in [-0.05, 0) is 30.3 Å². The average Bonchev–Trinajstić information content (AvgIpc) is 2.77. The maximum Gasteiger partial charge on any atom is 0.0370 e. The summed E-state index contributed by atoms with van der Waals surface area (Å²) in [5, 5.41) is 3.40. The fourth-order valence-electron chi connectivity index (χ4n) is 2.54. The second-order valence-electron chi connectivity index (χ2n) is 4.85. The van der Waals surface area contributed by atoms with E-state index in [0.29, 0.717) is 0 Å². The molecule has 1 aromatic rings. The summed E-state index contributed by atoms with van der Waals surface area (Å²) in [4.78, 5) is 4.89. The van der Waals surface area contributed by atoms with E-state index in [9.17, 15) is 0 Å². The van der Waals surface area contributed by atoms with Crippen LogP contribution < -0.4 is 10.2 Å². The Bertz CT molecular complexity index is 390. The van der Waals surface area contributed by atoms with Crippen LogP contribution in [0.4, 0.5) is 5.69 Å². The number of benzene rings is 1. The minimum absolute atomic E-state index is 0. The molecule has 0 saturated carbocycles. The molecule has 18 heavy (non-hydrogen) atoms. The van der Waals surface area contributed by atoms with Crippen molar-refractivity contribution in [3.63, 3.8) is 0 Å². The summed E-state index contributed by atoms with van der Waals surface area (Å²) in [5.74, 6) is 0. The monoisotopic (exact) mass is 289 g/mol. The van der Waals surface area contributed by atoms with Crippen molar-refractivity contribution in [2.75, 3.05) is 38.1 Å². The minimum Gasteiger partial charge on any atom is -0.369 e. The normalized spacial score (nSPS) is 18.8. The molecule has 0 atom stereocenters. The van der Waals surface area contributed by atoms with Gasteiger partial charge in [0.1, 0.15) is 0 Å². The lowest BCUT2D eigenvalue weighted by Gasteiger charge is -2.34. The molecule has 1 saturated heterocycles. The molecule has 2 heterocycles. The summed E-state index contributed by atoms with van der Waals surface area (Å²) >= 11 is 0. The van der Waals surface area contributed by atoms with Crippen molar-refractivity contribution < 1.29 is 0 Å². The van der Waals surface area contributed by atoms with Crippen LogP contribution in [0.3, 0.4) is 0 Å². The lowest BCUT2D eigenvalue weighted by molar-refractivity contribution is 0.313. The maximum atomic E-state index is 3.40. The number of hydrogen-bond donors (Lipinski definition) is 1. The summed E-state index contributed by atoms with van der Waals surface area (Å²) in [6.45, 7) is 6.74. The quantitative estimate of drug-likeness (QED) is 0.852. The van der Waals surface area contributed by atoms with Crippen LogP contribution in [0, 0.1) is 0 Å². The van der Waals surface area contributed by atoms with Crippen molar-refractivity contribution in [1.29, 1.82) is 0 Å². The Morgan fingerprint density at radius 1 is 0.944 bits per heavy atom. The van der Waals surface area contributed by atoms with Gasteiger partial charge in [0.25, 0.3) is 0 Å². The number of fused-ring (bicyclic) bond motifs is 1. The zero-order valence-corrected chi connectivity index (χ0v) is 12.3. The predicted molar refractivity (Wildman–Crippen MR) is 81.2 cm³/mol. The molecule has 0 aromatic heterocycles. The van der Waals surface area contributed by atoms with Crippen molar-refractivity contribution >= 4 is 30.5 Å². The molecule has 0 unspecified atom stereocenters. The second kappa shape index (κ2) is 6.62. The van der Waals surface area contributed by atoms with Gasteiger partial charge in [-0.2, -0.15) is 0 Å². The van der Waals surface area contributed by atoms with Crippen LogP contribution in [-0.2, 0) is 13.1 Å². The molecule has 1 N–H and O–H groups in total. The van der Waals surface area contributed by atoms with E-state index in [2.05, 4.69) is 40.4 Å². The number of piperazine rings is 1. The molecule has 102 valence electrons. The van der Waals surface area contributed by atoms with Crippen LogP contribution in [0.1, 0.15) is 11.1 Å². The van der Waals surface area contributed by atoms with Gasteiger partial charge in [0.15, 0.2) is 0 Å². The first kappa shape index (κ1) is 15.6. The van der Waals surface area contributed by atoms with Crippen molar-refractivity contribution in [2.24, 2.45) is 0 Å². The SMILES string of the molecule is CN1CCN(c2ccc3c(c2)CNC3)CC1.Cl.Cl. The van der Waals surface area contributed by atoms with Crippen LogP contribution in [0.2, 0.25) is 0 Å². The predicted octanol–water partition coefficient (Wildman–Crippen LogP) is 1.89. The van der Waals surface area contributed by atoms with Gasteiger partial charge in [0, 0.05) is 45.0 Å². The third-order valence-electron chi connectivity index (χ3n) is 3.69. The largest absolute Gasteiger partial charge is 0.369 e. The Morgan fingerprint density at radius 3 is 2.33 bits per heavy atom. The summed E-state index contributed by atoms with van der Waals surface area (Å²) in [6.07, 6.45) is 0. The number of rotatable bonds is 1. The molecular weight excluding hydrogens is 269 g/mol. The van der Waals surface area contributed by atoms with Gasteiger partial charge < -0.3 is 15.1 Å². The lowest BCUT2D eigenvalue weighted by atomic mass is 10.1. The molecule has 1 fully saturated rings. The van der Waals surface area contributed by atoms with E-state index in [0.717, 1.165) is 26.2 Å². The van der Waals surface area contributed by atoms with Gasteiger partial charge in [-0.1, -0.05) is 6.07 Å². The van der Waals surface area contributed by atoms with E-state index in [4.69, 9.17) is 0 Å². The van der Waals surface area contributed by atoms with Gasteiger partial charge in [-0.25, -0.2) is 0 Å². The lowest BCUT2D eigenvalue weighted by Crippen LogP contribution is -2.44. The highest BCUT2D eigenvalue weighted by atomic mass is 35.5. The molecule has 2 aliphatic rings. The Hall–Kier alpha value is -0.480. The Morgan fingerprint density at radius 2 is 1.61 bits per heavy atom. The molecule has 0 spiro atoms. The fraction of sp³-hybridized carbons (Fsp3) is 0.538. The molecule has 0 radical (unpaired) electrons. The zero-order chi connectivity index (χ0) is 11.0. The van der Waals surface area contributed by atoms with Crippen molar-refractivity contribution in [3.05, 3.63) is 29.3 Å². The van der Waals surface area contributed by atoms with Crippen molar-refractivity contribution in [3.8, 4) is 0 Å². The van der Waals surface area contributed by atoms with Crippen LogP contribution in [0.25, 0.3) is 0 Å². The summed E-state index contributed by atoms with van der Waals surface area (Å²) in [6, 6.07) is 6.92. The van der Waals surface area contributed by atoms with E-state index in [-0.39, 0.29) is 24.8 Å². The van der Waals surface area contributed by atoms with Crippen molar-refractivity contribution in [1.82, 2.24) is 10.2 Å². The topological polar surface area (TPSA) is 18.5 Å². The highest BCUT2D eigenvalue weighted by Gasteiger charge is 2.16. The fourth-order valence-corrected chi connectivity index (χ4v) is 2.54. The molecule has 0 bridgehead atoms. The van der Waals surface area contributed by atoms with E-state index >= 15 is 0 Å². The Labute approximate surface area is 121 Å². The van der Waals surface area contributed by atoms with Gasteiger partial charge in [0.2, 0.25) is 0 Å². The van der Waals surface area contributed by atoms with Gasteiger partial charge in [-0.15, -0.1) is 24.8 Å². The third-order valence-corrected chi connectivity index (χ3v) is 3.69. The first-order valence-corrected chi connectivity index (χ1v) is 6.09. The number of nitrogens with zero attached hydrogens (tertiary/aromatic N) is 2. The minimum atomic E-state index is 0. The number of likely N-dealkylation sites (N-methyl/N-ethyl adjacent to an activating group) is 1. The maximum absolute atomic E-state index is 3.40. The van der Waals surface area contributed by atoms with E-state index in [1.807, 2.05) is 0 Å². The number of nitrogens with one attached hydrogen (secondary N) is 1. The Balaban J connectivity index is 0.000000810. The van der Waals surface area contributed by atoms with E-state index in [1.165, 1.54) is 29.9 Å². The first-order valence-electron chi connectivity index (χ1n) is 6.09. The summed E-state index contributed by atoms with van der Waals surface area (Å²) in [5.41, 5.74) is 4.35. The highest BCUT2D eigenvalue weighted by molar-refractivity contribution is 5.85. The molecule has 0 amide bonds. The van der Waals surface area contributed by atoms with Crippen LogP contribution in [-0.4, -0.2) is 38.1 Å². The number of hydrogen-bond acceptors (Lipinski definition) is 3. The standard InChI is InChI=1S/C13H19N3.2ClH/c1-15-4-6-16(7-5-15)13-3-2-11-9-14-10-12(11)8-13;;/h2-3,8,14H,4-7,9-10H2,1H3;2*1H. The van der Waals surface area contributed by atoms with Gasteiger partial charge in [-0.3, -0.25) is 0 Å².